The second-order valence-corrected chi connectivity index (χ2v) is 8.34. The molecule has 6 heteroatoms. The van der Waals surface area contributed by atoms with E-state index in [0.717, 1.165) is 28.1 Å². The fourth-order valence-corrected chi connectivity index (χ4v) is 3.92. The minimum absolute atomic E-state index is 0.0394. The van der Waals surface area contributed by atoms with Gasteiger partial charge in [0.15, 0.2) is 11.9 Å². The summed E-state index contributed by atoms with van der Waals surface area (Å²) in [4.78, 5) is 15.0. The Labute approximate surface area is 181 Å². The molecule has 0 N–H and O–H groups in total. The molecule has 30 heavy (non-hydrogen) atoms. The van der Waals surface area contributed by atoms with Crippen LogP contribution in [0.25, 0.3) is 11.3 Å². The first-order chi connectivity index (χ1) is 14.4. The smallest absolute Gasteiger partial charge is 0.263 e. The van der Waals surface area contributed by atoms with Crippen LogP contribution in [0.4, 0.5) is 0 Å². The summed E-state index contributed by atoms with van der Waals surface area (Å²) in [5.74, 6) is 1.73. The average Bonchev–Trinajstić information content (AvgIpc) is 3.17. The number of ether oxygens (including phenoxy) is 1. The Bertz CT molecular complexity index is 1040. The molecule has 1 amide bonds. The van der Waals surface area contributed by atoms with E-state index in [4.69, 9.17) is 20.9 Å². The van der Waals surface area contributed by atoms with Gasteiger partial charge >= 0.3 is 0 Å². The van der Waals surface area contributed by atoms with Crippen molar-refractivity contribution in [3.8, 4) is 17.1 Å². The summed E-state index contributed by atoms with van der Waals surface area (Å²) in [5, 5.41) is 4.88. The van der Waals surface area contributed by atoms with Gasteiger partial charge in [0.25, 0.3) is 5.91 Å². The van der Waals surface area contributed by atoms with E-state index < -0.39 is 6.10 Å². The summed E-state index contributed by atoms with van der Waals surface area (Å²) >= 11 is 6.00. The molecule has 1 aromatic heterocycles. The second-order valence-electron chi connectivity index (χ2n) is 7.91. The van der Waals surface area contributed by atoms with Crippen molar-refractivity contribution >= 4 is 17.5 Å². The quantitative estimate of drug-likeness (QED) is 0.544. The highest BCUT2D eigenvalue weighted by molar-refractivity contribution is 6.30. The van der Waals surface area contributed by atoms with Gasteiger partial charge in [-0.2, -0.15) is 0 Å². The molecule has 3 aromatic rings. The van der Waals surface area contributed by atoms with Crippen molar-refractivity contribution in [1.29, 1.82) is 0 Å². The van der Waals surface area contributed by atoms with Crippen molar-refractivity contribution in [3.63, 3.8) is 0 Å². The standard InChI is InChI=1S/C24H25ClN2O3/c1-15(2)19-6-4-5-7-22(19)29-16(3)24(28)27-13-12-21-20(14-27)23(30-26-21)17-8-10-18(25)11-9-17/h4-11,15-16H,12-14H2,1-3H3. The maximum Gasteiger partial charge on any atom is 0.263 e. The van der Waals surface area contributed by atoms with Crippen LogP contribution >= 0.6 is 11.6 Å². The number of aromatic nitrogens is 1. The van der Waals surface area contributed by atoms with Crippen molar-refractivity contribution in [2.45, 2.75) is 45.8 Å². The van der Waals surface area contributed by atoms with Crippen molar-refractivity contribution < 1.29 is 14.1 Å². The van der Waals surface area contributed by atoms with E-state index in [1.807, 2.05) is 60.4 Å². The van der Waals surface area contributed by atoms with Crippen LogP contribution in [0.1, 0.15) is 43.5 Å². The Balaban J connectivity index is 1.51. The minimum Gasteiger partial charge on any atom is -0.481 e. The van der Waals surface area contributed by atoms with Crippen LogP contribution in [0, 0.1) is 0 Å². The molecule has 4 rings (SSSR count). The van der Waals surface area contributed by atoms with Crippen molar-refractivity contribution in [2.75, 3.05) is 6.54 Å². The zero-order chi connectivity index (χ0) is 21.3. The van der Waals surface area contributed by atoms with E-state index in [2.05, 4.69) is 19.0 Å². The van der Waals surface area contributed by atoms with Gasteiger partial charge in [0.05, 0.1) is 12.2 Å². The third-order valence-electron chi connectivity index (χ3n) is 5.45. The molecule has 0 spiro atoms. The summed E-state index contributed by atoms with van der Waals surface area (Å²) in [7, 11) is 0. The molecule has 1 aliphatic rings. The van der Waals surface area contributed by atoms with Gasteiger partial charge in [-0.1, -0.05) is 48.8 Å². The molecule has 0 aliphatic carbocycles. The van der Waals surface area contributed by atoms with Crippen LogP contribution in [-0.4, -0.2) is 28.6 Å². The number of amides is 1. The van der Waals surface area contributed by atoms with E-state index in [1.165, 1.54) is 0 Å². The SMILES string of the molecule is CC(Oc1ccccc1C(C)C)C(=O)N1CCc2noc(-c3ccc(Cl)cc3)c2C1. The lowest BCUT2D eigenvalue weighted by atomic mass is 10.0. The molecule has 0 saturated carbocycles. The van der Waals surface area contributed by atoms with Gasteiger partial charge in [-0.3, -0.25) is 4.79 Å². The maximum absolute atomic E-state index is 13.1. The van der Waals surface area contributed by atoms with E-state index in [0.29, 0.717) is 36.2 Å². The van der Waals surface area contributed by atoms with E-state index >= 15 is 0 Å². The summed E-state index contributed by atoms with van der Waals surface area (Å²) in [6.07, 6.45) is 0.0817. The summed E-state index contributed by atoms with van der Waals surface area (Å²) in [6, 6.07) is 15.3. The molecule has 5 nitrogen and oxygen atoms in total. The molecule has 156 valence electrons. The maximum atomic E-state index is 13.1. The largest absolute Gasteiger partial charge is 0.481 e. The van der Waals surface area contributed by atoms with Crippen molar-refractivity contribution in [3.05, 3.63) is 70.4 Å². The highest BCUT2D eigenvalue weighted by atomic mass is 35.5. The Morgan fingerprint density at radius 1 is 1.13 bits per heavy atom. The van der Waals surface area contributed by atoms with Gasteiger partial charge < -0.3 is 14.2 Å². The Morgan fingerprint density at radius 2 is 1.87 bits per heavy atom. The highest BCUT2D eigenvalue weighted by Gasteiger charge is 2.30. The van der Waals surface area contributed by atoms with Crippen LogP contribution in [0.2, 0.25) is 5.02 Å². The third kappa shape index (κ3) is 4.08. The van der Waals surface area contributed by atoms with Crippen LogP contribution in [-0.2, 0) is 17.8 Å². The number of fused-ring (bicyclic) bond motifs is 1. The number of carbonyl (C=O) groups excluding carboxylic acids is 1. The van der Waals surface area contributed by atoms with Crippen LogP contribution in [0.5, 0.6) is 5.75 Å². The molecule has 1 unspecified atom stereocenters. The van der Waals surface area contributed by atoms with Crippen LogP contribution < -0.4 is 4.74 Å². The lowest BCUT2D eigenvalue weighted by Gasteiger charge is -2.29. The number of halogens is 1. The predicted molar refractivity (Wildman–Crippen MR) is 117 cm³/mol. The van der Waals surface area contributed by atoms with Gasteiger partial charge in [-0.05, 0) is 48.7 Å². The Morgan fingerprint density at radius 3 is 2.60 bits per heavy atom. The minimum atomic E-state index is -0.578. The first kappa shape index (κ1) is 20.5. The molecule has 2 aromatic carbocycles. The monoisotopic (exact) mass is 424 g/mol. The Kier molecular flexibility index (Phi) is 5.82. The third-order valence-corrected chi connectivity index (χ3v) is 5.70. The molecule has 0 bridgehead atoms. The molecule has 1 aliphatic heterocycles. The molecule has 0 saturated heterocycles. The van der Waals surface area contributed by atoms with Gasteiger partial charge in [-0.15, -0.1) is 0 Å². The molecular formula is C24H25ClN2O3. The van der Waals surface area contributed by atoms with Crippen LogP contribution in [0.15, 0.2) is 53.1 Å². The molecule has 2 heterocycles. The molecule has 1 atom stereocenters. The van der Waals surface area contributed by atoms with E-state index in [-0.39, 0.29) is 5.91 Å². The zero-order valence-electron chi connectivity index (χ0n) is 17.4. The predicted octanol–water partition coefficient (Wildman–Crippen LogP) is 5.47. The number of nitrogens with zero attached hydrogens (tertiary/aromatic N) is 2. The zero-order valence-corrected chi connectivity index (χ0v) is 18.1. The van der Waals surface area contributed by atoms with Gasteiger partial charge in [0, 0.05) is 29.1 Å². The fraction of sp³-hybridized carbons (Fsp3) is 0.333. The van der Waals surface area contributed by atoms with E-state index in [9.17, 15) is 4.79 Å². The lowest BCUT2D eigenvalue weighted by Crippen LogP contribution is -2.43. The number of carbonyl (C=O) groups is 1. The number of benzene rings is 2. The van der Waals surface area contributed by atoms with Crippen molar-refractivity contribution in [2.24, 2.45) is 0 Å². The summed E-state index contributed by atoms with van der Waals surface area (Å²) < 4.78 is 11.7. The fourth-order valence-electron chi connectivity index (χ4n) is 3.79. The molecule has 0 radical (unpaired) electrons. The molecular weight excluding hydrogens is 400 g/mol. The van der Waals surface area contributed by atoms with Crippen LogP contribution in [0.3, 0.4) is 0 Å². The number of hydrogen-bond acceptors (Lipinski definition) is 4. The lowest BCUT2D eigenvalue weighted by molar-refractivity contribution is -0.138. The van der Waals surface area contributed by atoms with Gasteiger partial charge in [0.2, 0.25) is 0 Å². The van der Waals surface area contributed by atoms with Gasteiger partial charge in [-0.25, -0.2) is 0 Å². The first-order valence-corrected chi connectivity index (χ1v) is 10.6. The normalized spacial score (nSPS) is 14.5. The topological polar surface area (TPSA) is 55.6 Å². The van der Waals surface area contributed by atoms with E-state index in [1.54, 1.807) is 0 Å². The summed E-state index contributed by atoms with van der Waals surface area (Å²) in [6.45, 7) is 7.09. The highest BCUT2D eigenvalue weighted by Crippen LogP contribution is 2.32. The number of hydrogen-bond donors (Lipinski definition) is 0. The second kappa shape index (κ2) is 8.52. The average molecular weight is 425 g/mol. The van der Waals surface area contributed by atoms with Crippen molar-refractivity contribution in [1.82, 2.24) is 10.1 Å². The first-order valence-electron chi connectivity index (χ1n) is 10.2. The Hall–Kier alpha value is -2.79. The summed E-state index contributed by atoms with van der Waals surface area (Å²) in [5.41, 5.74) is 3.86. The number of rotatable bonds is 5. The van der Waals surface area contributed by atoms with Gasteiger partial charge in [0.1, 0.15) is 5.75 Å². The molecule has 0 fully saturated rings. The number of para-hydroxylation sites is 1.